The van der Waals surface area contributed by atoms with Gasteiger partial charge in [-0.05, 0) is 60.6 Å². The van der Waals surface area contributed by atoms with Crippen molar-refractivity contribution in [2.45, 2.75) is 94.5 Å². The molecule has 2 aromatic carbocycles. The summed E-state index contributed by atoms with van der Waals surface area (Å²) in [6.45, 7) is 4.87. The van der Waals surface area contributed by atoms with Crippen LogP contribution in [0.25, 0.3) is 0 Å². The number of amides is 5. The van der Waals surface area contributed by atoms with Gasteiger partial charge in [-0.25, -0.2) is 8.42 Å². The number of rotatable bonds is 18. The quantitative estimate of drug-likeness (QED) is 0.128. The van der Waals surface area contributed by atoms with Gasteiger partial charge in [0.05, 0.1) is 29.1 Å². The number of nitrogens with two attached hydrogens (primary N) is 1. The summed E-state index contributed by atoms with van der Waals surface area (Å²) in [6.07, 6.45) is -5.21. The van der Waals surface area contributed by atoms with Gasteiger partial charge in [0, 0.05) is 31.8 Å². The number of carbonyl (C=O) groups is 6. The smallest absolute Gasteiger partial charge is 0.417 e. The molecule has 21 heteroatoms. The van der Waals surface area contributed by atoms with Gasteiger partial charge in [0.1, 0.15) is 23.9 Å². The average molecular weight is 847 g/mol. The summed E-state index contributed by atoms with van der Waals surface area (Å²) in [7, 11) is -3.37. The molecule has 1 saturated heterocycles. The number of halogens is 4. The third-order valence-corrected chi connectivity index (χ3v) is 10.8. The molecule has 314 valence electrons. The molecule has 0 bridgehead atoms. The number of aliphatic carboxylic acids is 1. The lowest BCUT2D eigenvalue weighted by Gasteiger charge is -2.36. The van der Waals surface area contributed by atoms with Gasteiger partial charge in [0.2, 0.25) is 39.6 Å². The largest absolute Gasteiger partial charge is 0.497 e. The first kappa shape index (κ1) is 46.4. The number of benzene rings is 2. The predicted molar refractivity (Wildman–Crippen MR) is 199 cm³/mol. The number of nitrogens with zero attached hydrogens (tertiary/aromatic N) is 1. The van der Waals surface area contributed by atoms with Gasteiger partial charge >= 0.3 is 12.1 Å². The Hall–Kier alpha value is -4.95. The second kappa shape index (κ2) is 19.5. The molecule has 16 nitrogen and oxygen atoms in total. The van der Waals surface area contributed by atoms with Gasteiger partial charge in [-0.3, -0.25) is 28.8 Å². The van der Waals surface area contributed by atoms with E-state index < -0.39 is 116 Å². The van der Waals surface area contributed by atoms with Crippen molar-refractivity contribution in [3.05, 3.63) is 58.6 Å². The Kier molecular flexibility index (Phi) is 15.9. The van der Waals surface area contributed by atoms with E-state index in [0.717, 1.165) is 6.07 Å². The zero-order valence-electron chi connectivity index (χ0n) is 31.6. The Bertz CT molecular complexity index is 1930. The molecule has 0 aliphatic carbocycles. The number of carboxylic acid groups (broad SMARTS) is 1. The molecule has 1 fully saturated rings. The molecule has 4 atom stereocenters. The Labute approximate surface area is 332 Å². The molecule has 5 amide bonds. The van der Waals surface area contributed by atoms with E-state index >= 15 is 0 Å². The van der Waals surface area contributed by atoms with Crippen molar-refractivity contribution in [1.82, 2.24) is 25.6 Å². The molecule has 0 aromatic heterocycles. The molecule has 0 radical (unpaired) electrons. The minimum absolute atomic E-state index is 0.0411. The number of hydrogen-bond donors (Lipinski definition) is 6. The monoisotopic (exact) mass is 846 g/mol. The molecular weight excluding hydrogens is 801 g/mol. The van der Waals surface area contributed by atoms with Gasteiger partial charge in [0.15, 0.2) is 0 Å². The average Bonchev–Trinajstić information content (AvgIpc) is 3.57. The number of likely N-dealkylation sites (tertiary alicyclic amines) is 1. The minimum Gasteiger partial charge on any atom is -0.497 e. The number of sulfonamides is 1. The maximum absolute atomic E-state index is 13.9. The van der Waals surface area contributed by atoms with E-state index in [1.807, 2.05) is 0 Å². The lowest BCUT2D eigenvalue weighted by Crippen LogP contribution is -2.60. The van der Waals surface area contributed by atoms with Crippen LogP contribution in [-0.2, 0) is 51.4 Å². The second-order valence-corrected chi connectivity index (χ2v) is 16.6. The lowest BCUT2D eigenvalue weighted by atomic mass is 9.85. The fourth-order valence-electron chi connectivity index (χ4n) is 6.00. The standard InChI is InChI=1S/C36H46ClF3N6O10S/c1-35(2,3)31(33(51)46-15-5-6-21(46)17-28(41)47)44-32(50)27(16-20-7-9-22(56-4)10-8-20)43-30(49)19-42-29(48)14-13-26(34(52)53)45-57(54,55)23-11-12-25(37)24(18-23)36(38,39)40/h7-12,18,21,26-27,31,45H,5-6,13-17,19H2,1-4H3,(H2,41,47)(H,42,48)(H,43,49)(H,44,50)(H,52,53)/t21-,26-,27-,31+/m0/s1. The van der Waals surface area contributed by atoms with Gasteiger partial charge in [-0.15, -0.1) is 0 Å². The van der Waals surface area contributed by atoms with E-state index in [1.54, 1.807) is 49.8 Å². The van der Waals surface area contributed by atoms with Crippen LogP contribution in [0.5, 0.6) is 5.75 Å². The number of ether oxygens (including phenoxy) is 1. The molecule has 3 rings (SSSR count). The Morgan fingerprint density at radius 3 is 2.21 bits per heavy atom. The summed E-state index contributed by atoms with van der Waals surface area (Å²) in [4.78, 5) is 77.6. The summed E-state index contributed by atoms with van der Waals surface area (Å²) in [5.41, 5.74) is 3.71. The van der Waals surface area contributed by atoms with Crippen LogP contribution in [0.1, 0.15) is 64.0 Å². The van der Waals surface area contributed by atoms with E-state index in [2.05, 4.69) is 16.0 Å². The molecule has 0 unspecified atom stereocenters. The summed E-state index contributed by atoms with van der Waals surface area (Å²) in [5, 5.41) is 16.4. The Balaban J connectivity index is 1.70. The number of alkyl halides is 3. The van der Waals surface area contributed by atoms with Crippen molar-refractivity contribution in [3.63, 3.8) is 0 Å². The highest BCUT2D eigenvalue weighted by atomic mass is 35.5. The van der Waals surface area contributed by atoms with Crippen LogP contribution >= 0.6 is 11.6 Å². The van der Waals surface area contributed by atoms with Gasteiger partial charge in [-0.1, -0.05) is 44.5 Å². The van der Waals surface area contributed by atoms with E-state index in [1.165, 1.54) is 12.0 Å². The van der Waals surface area contributed by atoms with Crippen LogP contribution in [0.4, 0.5) is 13.2 Å². The molecule has 7 N–H and O–H groups in total. The molecular formula is C36H46ClF3N6O10S. The summed E-state index contributed by atoms with van der Waals surface area (Å²) in [5.74, 6) is -4.69. The molecule has 2 aromatic rings. The summed E-state index contributed by atoms with van der Waals surface area (Å²) in [6, 6.07) is 3.53. The molecule has 1 aliphatic rings. The summed E-state index contributed by atoms with van der Waals surface area (Å²) >= 11 is 5.55. The number of hydrogen-bond acceptors (Lipinski definition) is 9. The van der Waals surface area contributed by atoms with Crippen molar-refractivity contribution < 1.29 is 60.2 Å². The van der Waals surface area contributed by atoms with E-state index in [9.17, 15) is 55.5 Å². The van der Waals surface area contributed by atoms with Gasteiger partial charge in [-0.2, -0.15) is 17.9 Å². The number of primary amides is 1. The highest BCUT2D eigenvalue weighted by molar-refractivity contribution is 7.89. The minimum atomic E-state index is -5.00. The van der Waals surface area contributed by atoms with E-state index in [4.69, 9.17) is 22.1 Å². The van der Waals surface area contributed by atoms with Crippen LogP contribution in [0.2, 0.25) is 5.02 Å². The van der Waals surface area contributed by atoms with Crippen LogP contribution in [0.3, 0.4) is 0 Å². The first-order valence-electron chi connectivity index (χ1n) is 17.6. The third kappa shape index (κ3) is 13.6. The fourth-order valence-corrected chi connectivity index (χ4v) is 7.47. The zero-order valence-corrected chi connectivity index (χ0v) is 33.1. The Morgan fingerprint density at radius 2 is 1.65 bits per heavy atom. The van der Waals surface area contributed by atoms with Crippen molar-refractivity contribution in [2.75, 3.05) is 20.2 Å². The van der Waals surface area contributed by atoms with Crippen molar-refractivity contribution in [3.8, 4) is 5.75 Å². The number of carbonyl (C=O) groups excluding carboxylic acids is 5. The van der Waals surface area contributed by atoms with Crippen molar-refractivity contribution in [1.29, 1.82) is 0 Å². The lowest BCUT2D eigenvalue weighted by molar-refractivity contribution is -0.141. The Morgan fingerprint density at radius 1 is 1.00 bits per heavy atom. The highest BCUT2D eigenvalue weighted by Gasteiger charge is 2.41. The second-order valence-electron chi connectivity index (χ2n) is 14.4. The van der Waals surface area contributed by atoms with Gasteiger partial charge in [0.25, 0.3) is 0 Å². The van der Waals surface area contributed by atoms with Crippen molar-refractivity contribution >= 4 is 57.1 Å². The zero-order chi connectivity index (χ0) is 42.9. The van der Waals surface area contributed by atoms with Gasteiger partial charge < -0.3 is 36.4 Å². The predicted octanol–water partition coefficient (Wildman–Crippen LogP) is 2.12. The van der Waals surface area contributed by atoms with Crippen LogP contribution in [0, 0.1) is 5.41 Å². The number of nitrogens with one attached hydrogen (secondary N) is 4. The van der Waals surface area contributed by atoms with E-state index in [-0.39, 0.29) is 18.9 Å². The topological polar surface area (TPSA) is 243 Å². The molecule has 1 heterocycles. The summed E-state index contributed by atoms with van der Waals surface area (Å²) < 4.78 is 72.3. The molecule has 0 saturated carbocycles. The third-order valence-electron chi connectivity index (χ3n) is 9.00. The molecule has 57 heavy (non-hydrogen) atoms. The number of carboxylic acids is 1. The maximum atomic E-state index is 13.9. The first-order chi connectivity index (χ1) is 26.4. The normalized spacial score (nSPS) is 16.2. The van der Waals surface area contributed by atoms with Crippen LogP contribution < -0.4 is 31.1 Å². The maximum Gasteiger partial charge on any atom is 0.417 e. The molecule has 0 spiro atoms. The van der Waals surface area contributed by atoms with Crippen LogP contribution in [0.15, 0.2) is 47.4 Å². The molecule has 1 aliphatic heterocycles. The van der Waals surface area contributed by atoms with Crippen molar-refractivity contribution in [2.24, 2.45) is 11.1 Å². The number of methoxy groups -OCH3 is 1. The van der Waals surface area contributed by atoms with Crippen LogP contribution in [-0.4, -0.2) is 98.3 Å². The fraction of sp³-hybridized carbons (Fsp3) is 0.500. The highest BCUT2D eigenvalue weighted by Crippen LogP contribution is 2.36. The SMILES string of the molecule is COc1ccc(C[C@H](NC(=O)CNC(=O)CC[C@H](NS(=O)(=O)c2ccc(Cl)c(C(F)(F)F)c2)C(=O)O)C(=O)N[C@H](C(=O)N2CCC[C@H]2CC(N)=O)C(C)(C)C)cc1. The van der Waals surface area contributed by atoms with E-state index in [0.29, 0.717) is 36.8 Å². The first-order valence-corrected chi connectivity index (χ1v) is 19.5.